The molecule has 0 spiro atoms. The number of pyridine rings is 1. The summed E-state index contributed by atoms with van der Waals surface area (Å²) in [4.78, 5) is 39.2. The highest BCUT2D eigenvalue weighted by Gasteiger charge is 2.12. The summed E-state index contributed by atoms with van der Waals surface area (Å²) < 4.78 is 0. The third-order valence-electron chi connectivity index (χ3n) is 3.22. The van der Waals surface area contributed by atoms with Crippen molar-refractivity contribution in [3.63, 3.8) is 0 Å². The summed E-state index contributed by atoms with van der Waals surface area (Å²) in [7, 11) is 0. The number of carboxylic acids is 1. The van der Waals surface area contributed by atoms with Gasteiger partial charge in [0, 0.05) is 13.1 Å². The molecule has 24 heavy (non-hydrogen) atoms. The lowest BCUT2D eigenvalue weighted by molar-refractivity contribution is 0.0694. The molecule has 2 aromatic rings. The Labute approximate surface area is 142 Å². The van der Waals surface area contributed by atoms with Crippen LogP contribution in [0.5, 0.6) is 0 Å². The fourth-order valence-electron chi connectivity index (χ4n) is 1.99. The fourth-order valence-corrected chi connectivity index (χ4v) is 2.63. The lowest BCUT2D eigenvalue weighted by atomic mass is 10.2. The van der Waals surface area contributed by atoms with Crippen LogP contribution in [-0.4, -0.2) is 41.0 Å². The molecule has 0 saturated carbocycles. The quantitative estimate of drug-likeness (QED) is 0.661. The van der Waals surface area contributed by atoms with Gasteiger partial charge in [-0.2, -0.15) is 0 Å². The molecule has 0 aromatic carbocycles. The van der Waals surface area contributed by atoms with E-state index in [-0.39, 0.29) is 23.1 Å². The minimum Gasteiger partial charge on any atom is -0.478 e. The van der Waals surface area contributed by atoms with E-state index in [2.05, 4.69) is 15.6 Å². The van der Waals surface area contributed by atoms with E-state index in [1.54, 1.807) is 13.0 Å². The van der Waals surface area contributed by atoms with E-state index in [1.807, 2.05) is 11.4 Å². The number of amides is 2. The molecule has 0 aliphatic heterocycles. The molecule has 0 radical (unpaired) electrons. The molecule has 126 valence electrons. The number of aromatic nitrogens is 1. The standard InChI is InChI=1S/C16H17N3O4S/c1-10-11(16(22)23)5-6-12(19-10)14(20)17-7-3-8-18-15(21)13-4-2-9-24-13/h2,4-6,9H,3,7-8H2,1H3,(H,17,20)(H,18,21)(H,22,23). The molecule has 2 aromatic heterocycles. The minimum absolute atomic E-state index is 0.0721. The summed E-state index contributed by atoms with van der Waals surface area (Å²) in [6, 6.07) is 6.30. The van der Waals surface area contributed by atoms with E-state index in [9.17, 15) is 14.4 Å². The van der Waals surface area contributed by atoms with Crippen molar-refractivity contribution in [1.29, 1.82) is 0 Å². The number of carbonyl (C=O) groups is 3. The highest BCUT2D eigenvalue weighted by Crippen LogP contribution is 2.08. The highest BCUT2D eigenvalue weighted by molar-refractivity contribution is 7.12. The van der Waals surface area contributed by atoms with Gasteiger partial charge < -0.3 is 15.7 Å². The Morgan fingerprint density at radius 2 is 1.83 bits per heavy atom. The lowest BCUT2D eigenvalue weighted by Gasteiger charge is -2.07. The monoisotopic (exact) mass is 347 g/mol. The fraction of sp³-hybridized carbons (Fsp3) is 0.250. The minimum atomic E-state index is -1.08. The molecule has 8 heteroatoms. The molecule has 3 N–H and O–H groups in total. The number of rotatable bonds is 7. The first-order chi connectivity index (χ1) is 11.5. The van der Waals surface area contributed by atoms with Gasteiger partial charge in [-0.1, -0.05) is 6.07 Å². The van der Waals surface area contributed by atoms with E-state index in [0.717, 1.165) is 0 Å². The van der Waals surface area contributed by atoms with Gasteiger partial charge >= 0.3 is 5.97 Å². The first-order valence-electron chi connectivity index (χ1n) is 7.30. The number of nitrogens with zero attached hydrogens (tertiary/aromatic N) is 1. The topological polar surface area (TPSA) is 108 Å². The molecule has 0 bridgehead atoms. The molecular formula is C16H17N3O4S. The number of aryl methyl sites for hydroxylation is 1. The summed E-state index contributed by atoms with van der Waals surface area (Å²) in [5.74, 6) is -1.58. The van der Waals surface area contributed by atoms with Gasteiger partial charge in [0.05, 0.1) is 16.1 Å². The van der Waals surface area contributed by atoms with Crippen LogP contribution >= 0.6 is 11.3 Å². The van der Waals surface area contributed by atoms with Crippen LogP contribution in [0, 0.1) is 6.92 Å². The van der Waals surface area contributed by atoms with Crippen molar-refractivity contribution >= 4 is 29.1 Å². The van der Waals surface area contributed by atoms with Crippen LogP contribution < -0.4 is 10.6 Å². The van der Waals surface area contributed by atoms with Crippen LogP contribution in [0.15, 0.2) is 29.6 Å². The molecule has 0 saturated heterocycles. The number of hydrogen-bond donors (Lipinski definition) is 3. The molecule has 0 unspecified atom stereocenters. The molecule has 0 aliphatic carbocycles. The molecule has 2 rings (SSSR count). The summed E-state index contributed by atoms with van der Waals surface area (Å²) in [5, 5.41) is 16.2. The zero-order chi connectivity index (χ0) is 17.5. The lowest BCUT2D eigenvalue weighted by Crippen LogP contribution is -2.30. The van der Waals surface area contributed by atoms with E-state index >= 15 is 0 Å². The van der Waals surface area contributed by atoms with E-state index in [1.165, 1.54) is 23.5 Å². The number of aromatic carboxylic acids is 1. The van der Waals surface area contributed by atoms with Crippen molar-refractivity contribution in [2.75, 3.05) is 13.1 Å². The van der Waals surface area contributed by atoms with Crippen LogP contribution in [0.1, 0.15) is 42.6 Å². The maximum atomic E-state index is 12.0. The van der Waals surface area contributed by atoms with Crippen LogP contribution in [-0.2, 0) is 0 Å². The summed E-state index contributed by atoms with van der Waals surface area (Å²) in [5.41, 5.74) is 0.529. The van der Waals surface area contributed by atoms with Gasteiger partial charge in [-0.3, -0.25) is 9.59 Å². The number of nitrogens with one attached hydrogen (secondary N) is 2. The van der Waals surface area contributed by atoms with Crippen molar-refractivity contribution in [2.45, 2.75) is 13.3 Å². The number of carbonyl (C=O) groups excluding carboxylic acids is 2. The first-order valence-corrected chi connectivity index (χ1v) is 8.18. The molecule has 0 fully saturated rings. The van der Waals surface area contributed by atoms with E-state index in [0.29, 0.717) is 30.1 Å². The highest BCUT2D eigenvalue weighted by atomic mass is 32.1. The predicted octanol–water partition coefficient (Wildman–Crippen LogP) is 1.70. The third-order valence-corrected chi connectivity index (χ3v) is 4.09. The van der Waals surface area contributed by atoms with Gasteiger partial charge in [-0.05, 0) is 36.9 Å². The molecule has 0 aliphatic rings. The Morgan fingerprint density at radius 3 is 2.42 bits per heavy atom. The smallest absolute Gasteiger partial charge is 0.337 e. The molecule has 2 amide bonds. The van der Waals surface area contributed by atoms with E-state index in [4.69, 9.17) is 5.11 Å². The zero-order valence-electron chi connectivity index (χ0n) is 13.0. The Morgan fingerprint density at radius 1 is 1.12 bits per heavy atom. The van der Waals surface area contributed by atoms with Gasteiger partial charge in [0.2, 0.25) is 0 Å². The third kappa shape index (κ3) is 4.63. The Bertz CT molecular complexity index is 744. The van der Waals surface area contributed by atoms with Crippen molar-refractivity contribution in [1.82, 2.24) is 15.6 Å². The van der Waals surface area contributed by atoms with Gasteiger partial charge in [-0.25, -0.2) is 9.78 Å². The maximum Gasteiger partial charge on any atom is 0.337 e. The van der Waals surface area contributed by atoms with Crippen molar-refractivity contribution in [2.24, 2.45) is 0 Å². The van der Waals surface area contributed by atoms with Gasteiger partial charge in [-0.15, -0.1) is 11.3 Å². The molecule has 0 atom stereocenters. The molecular weight excluding hydrogens is 330 g/mol. The van der Waals surface area contributed by atoms with Crippen molar-refractivity contribution in [3.8, 4) is 0 Å². The Balaban J connectivity index is 1.74. The Hall–Kier alpha value is -2.74. The van der Waals surface area contributed by atoms with Gasteiger partial charge in [0.25, 0.3) is 11.8 Å². The molecule has 2 heterocycles. The SMILES string of the molecule is Cc1nc(C(=O)NCCCNC(=O)c2cccs2)ccc1C(=O)O. The zero-order valence-corrected chi connectivity index (χ0v) is 13.9. The van der Waals surface area contributed by atoms with Crippen LogP contribution in [0.2, 0.25) is 0 Å². The second-order valence-corrected chi connectivity index (χ2v) is 5.92. The average Bonchev–Trinajstić information content (AvgIpc) is 3.08. The second kappa shape index (κ2) is 8.21. The number of carboxylic acid groups (broad SMARTS) is 1. The number of hydrogen-bond acceptors (Lipinski definition) is 5. The van der Waals surface area contributed by atoms with Gasteiger partial charge in [0.15, 0.2) is 0 Å². The van der Waals surface area contributed by atoms with Crippen molar-refractivity contribution < 1.29 is 19.5 Å². The maximum absolute atomic E-state index is 12.0. The van der Waals surface area contributed by atoms with Crippen LogP contribution in [0.4, 0.5) is 0 Å². The summed E-state index contributed by atoms with van der Waals surface area (Å²) in [6.45, 7) is 2.37. The normalized spacial score (nSPS) is 10.2. The largest absolute Gasteiger partial charge is 0.478 e. The first kappa shape index (κ1) is 17.6. The predicted molar refractivity (Wildman–Crippen MR) is 89.5 cm³/mol. The second-order valence-electron chi connectivity index (χ2n) is 4.98. The van der Waals surface area contributed by atoms with Gasteiger partial charge in [0.1, 0.15) is 5.69 Å². The summed E-state index contributed by atoms with van der Waals surface area (Å²) in [6.07, 6.45) is 0.578. The average molecular weight is 347 g/mol. The summed E-state index contributed by atoms with van der Waals surface area (Å²) >= 11 is 1.37. The number of thiophene rings is 1. The molecule has 7 nitrogen and oxygen atoms in total. The Kier molecular flexibility index (Phi) is 6.02. The van der Waals surface area contributed by atoms with E-state index < -0.39 is 5.97 Å². The van der Waals surface area contributed by atoms with Crippen LogP contribution in [0.3, 0.4) is 0 Å². The van der Waals surface area contributed by atoms with Crippen LogP contribution in [0.25, 0.3) is 0 Å². The van der Waals surface area contributed by atoms with Crippen molar-refractivity contribution in [3.05, 3.63) is 51.5 Å².